The van der Waals surface area contributed by atoms with Gasteiger partial charge in [-0.15, -0.1) is 0 Å². The minimum Gasteiger partial charge on any atom is -0.380 e. The Morgan fingerprint density at radius 3 is 2.48 bits per heavy atom. The minimum absolute atomic E-state index is 0.169. The molecule has 0 radical (unpaired) electrons. The van der Waals surface area contributed by atoms with Crippen LogP contribution in [0.5, 0.6) is 0 Å². The average Bonchev–Trinajstić information content (AvgIpc) is 2.54. The summed E-state index contributed by atoms with van der Waals surface area (Å²) in [5.41, 5.74) is 2.99. The summed E-state index contributed by atoms with van der Waals surface area (Å²) in [6, 6.07) is 15.0. The van der Waals surface area contributed by atoms with Gasteiger partial charge in [-0.2, -0.15) is 0 Å². The van der Waals surface area contributed by atoms with Crippen LogP contribution >= 0.6 is 11.6 Å². The molecule has 0 aromatic heterocycles. The number of benzene rings is 2. The number of ether oxygens (including phenoxy) is 1. The summed E-state index contributed by atoms with van der Waals surface area (Å²) < 4.78 is 5.17. The van der Waals surface area contributed by atoms with Gasteiger partial charge in [-0.05, 0) is 29.7 Å². The third-order valence-electron chi connectivity index (χ3n) is 3.58. The van der Waals surface area contributed by atoms with Crippen molar-refractivity contribution in [1.29, 1.82) is 0 Å². The van der Waals surface area contributed by atoms with E-state index in [1.54, 1.807) is 7.11 Å². The van der Waals surface area contributed by atoms with Gasteiger partial charge in [-0.25, -0.2) is 4.79 Å². The Balaban J connectivity index is 1.92. The van der Waals surface area contributed by atoms with Gasteiger partial charge in [0.2, 0.25) is 0 Å². The van der Waals surface area contributed by atoms with Crippen molar-refractivity contribution in [1.82, 2.24) is 10.6 Å². The Labute approximate surface area is 141 Å². The quantitative estimate of drug-likeness (QED) is 0.838. The SMILES string of the molecule is COCc1ccccc1CNC(=O)N[C@H](C)c1ccccc1Cl. The Morgan fingerprint density at radius 1 is 1.13 bits per heavy atom. The van der Waals surface area contributed by atoms with E-state index in [9.17, 15) is 4.79 Å². The second-order valence-electron chi connectivity index (χ2n) is 5.27. The van der Waals surface area contributed by atoms with E-state index in [0.717, 1.165) is 16.7 Å². The summed E-state index contributed by atoms with van der Waals surface area (Å²) >= 11 is 6.15. The summed E-state index contributed by atoms with van der Waals surface area (Å²) in [5.74, 6) is 0. The van der Waals surface area contributed by atoms with Crippen LogP contribution in [0.4, 0.5) is 4.79 Å². The first-order valence-electron chi connectivity index (χ1n) is 7.46. The van der Waals surface area contributed by atoms with Crippen LogP contribution in [0.3, 0.4) is 0 Å². The smallest absolute Gasteiger partial charge is 0.315 e. The van der Waals surface area contributed by atoms with E-state index in [0.29, 0.717) is 18.2 Å². The molecule has 2 rings (SSSR count). The fourth-order valence-corrected chi connectivity index (χ4v) is 2.65. The molecule has 0 unspecified atom stereocenters. The topological polar surface area (TPSA) is 50.4 Å². The standard InChI is InChI=1S/C18H21ClN2O2/c1-13(16-9-5-6-10-17(16)19)21-18(22)20-11-14-7-3-4-8-15(14)12-23-2/h3-10,13H,11-12H2,1-2H3,(H2,20,21,22)/t13-/m1/s1. The summed E-state index contributed by atoms with van der Waals surface area (Å²) in [6.45, 7) is 2.87. The van der Waals surface area contributed by atoms with Crippen LogP contribution in [0.1, 0.15) is 29.7 Å². The molecule has 0 aliphatic heterocycles. The van der Waals surface area contributed by atoms with Crippen LogP contribution in [-0.2, 0) is 17.9 Å². The fourth-order valence-electron chi connectivity index (χ4n) is 2.35. The van der Waals surface area contributed by atoms with Crippen molar-refractivity contribution in [3.8, 4) is 0 Å². The molecule has 23 heavy (non-hydrogen) atoms. The maximum atomic E-state index is 12.1. The molecule has 0 saturated heterocycles. The molecule has 0 heterocycles. The molecule has 2 aromatic carbocycles. The van der Waals surface area contributed by atoms with Crippen LogP contribution in [0.2, 0.25) is 5.02 Å². The van der Waals surface area contributed by atoms with E-state index in [1.165, 1.54) is 0 Å². The van der Waals surface area contributed by atoms with Gasteiger partial charge in [0.05, 0.1) is 12.6 Å². The maximum absolute atomic E-state index is 12.1. The molecular weight excluding hydrogens is 312 g/mol. The molecule has 2 N–H and O–H groups in total. The number of amides is 2. The third kappa shape index (κ3) is 4.98. The van der Waals surface area contributed by atoms with Gasteiger partial charge in [0.1, 0.15) is 0 Å². The van der Waals surface area contributed by atoms with Gasteiger partial charge in [0.15, 0.2) is 0 Å². The predicted molar refractivity (Wildman–Crippen MR) is 92.4 cm³/mol. The van der Waals surface area contributed by atoms with E-state index in [1.807, 2.05) is 55.5 Å². The Morgan fingerprint density at radius 2 is 1.78 bits per heavy atom. The first-order valence-corrected chi connectivity index (χ1v) is 7.84. The zero-order chi connectivity index (χ0) is 16.7. The number of carbonyl (C=O) groups excluding carboxylic acids is 1. The summed E-state index contributed by atoms with van der Waals surface area (Å²) in [6.07, 6.45) is 0. The highest BCUT2D eigenvalue weighted by Gasteiger charge is 2.12. The molecule has 0 spiro atoms. The van der Waals surface area contributed by atoms with Gasteiger partial charge in [0.25, 0.3) is 0 Å². The molecular formula is C18H21ClN2O2. The molecule has 4 nitrogen and oxygen atoms in total. The lowest BCUT2D eigenvalue weighted by atomic mass is 10.1. The average molecular weight is 333 g/mol. The normalized spacial score (nSPS) is 11.8. The summed E-state index contributed by atoms with van der Waals surface area (Å²) in [5, 5.41) is 6.41. The monoisotopic (exact) mass is 332 g/mol. The Hall–Kier alpha value is -2.04. The second kappa shape index (κ2) is 8.56. The van der Waals surface area contributed by atoms with Crippen molar-refractivity contribution in [2.75, 3.05) is 7.11 Å². The summed E-state index contributed by atoms with van der Waals surface area (Å²) in [7, 11) is 1.65. The van der Waals surface area contributed by atoms with Crippen molar-refractivity contribution >= 4 is 17.6 Å². The van der Waals surface area contributed by atoms with Gasteiger partial charge in [-0.3, -0.25) is 0 Å². The number of hydrogen-bond donors (Lipinski definition) is 2. The van der Waals surface area contributed by atoms with Crippen molar-refractivity contribution in [2.45, 2.75) is 26.1 Å². The van der Waals surface area contributed by atoms with E-state index in [-0.39, 0.29) is 12.1 Å². The van der Waals surface area contributed by atoms with Crippen LogP contribution in [0.15, 0.2) is 48.5 Å². The van der Waals surface area contributed by atoms with Gasteiger partial charge in [0, 0.05) is 18.7 Å². The van der Waals surface area contributed by atoms with Crippen molar-refractivity contribution < 1.29 is 9.53 Å². The second-order valence-corrected chi connectivity index (χ2v) is 5.68. The van der Waals surface area contributed by atoms with Gasteiger partial charge < -0.3 is 15.4 Å². The highest BCUT2D eigenvalue weighted by molar-refractivity contribution is 6.31. The molecule has 1 atom stereocenters. The number of nitrogens with one attached hydrogen (secondary N) is 2. The Bertz CT molecular complexity index is 661. The zero-order valence-electron chi connectivity index (χ0n) is 13.3. The number of methoxy groups -OCH3 is 1. The van der Waals surface area contributed by atoms with E-state index < -0.39 is 0 Å². The zero-order valence-corrected chi connectivity index (χ0v) is 14.1. The van der Waals surface area contributed by atoms with E-state index >= 15 is 0 Å². The molecule has 0 bridgehead atoms. The molecule has 0 aliphatic carbocycles. The van der Waals surface area contributed by atoms with Gasteiger partial charge in [-0.1, -0.05) is 54.1 Å². The lowest BCUT2D eigenvalue weighted by Gasteiger charge is -2.17. The van der Waals surface area contributed by atoms with E-state index in [2.05, 4.69) is 10.6 Å². The highest BCUT2D eigenvalue weighted by atomic mass is 35.5. The lowest BCUT2D eigenvalue weighted by Crippen LogP contribution is -2.36. The lowest BCUT2D eigenvalue weighted by molar-refractivity contribution is 0.184. The third-order valence-corrected chi connectivity index (χ3v) is 3.92. The fraction of sp³-hybridized carbons (Fsp3) is 0.278. The molecule has 0 fully saturated rings. The number of rotatable bonds is 6. The first kappa shape index (κ1) is 17.3. The largest absolute Gasteiger partial charge is 0.380 e. The molecule has 2 aromatic rings. The molecule has 2 amide bonds. The number of carbonyl (C=O) groups is 1. The minimum atomic E-state index is -0.232. The molecule has 122 valence electrons. The van der Waals surface area contributed by atoms with Crippen LogP contribution < -0.4 is 10.6 Å². The number of hydrogen-bond acceptors (Lipinski definition) is 2. The van der Waals surface area contributed by atoms with Crippen molar-refractivity contribution in [3.63, 3.8) is 0 Å². The van der Waals surface area contributed by atoms with Crippen LogP contribution in [0.25, 0.3) is 0 Å². The first-order chi connectivity index (χ1) is 11.1. The molecule has 5 heteroatoms. The highest BCUT2D eigenvalue weighted by Crippen LogP contribution is 2.21. The van der Waals surface area contributed by atoms with Crippen molar-refractivity contribution in [2.24, 2.45) is 0 Å². The molecule has 0 saturated carbocycles. The Kier molecular flexibility index (Phi) is 6.44. The maximum Gasteiger partial charge on any atom is 0.315 e. The van der Waals surface area contributed by atoms with Gasteiger partial charge >= 0.3 is 6.03 Å². The van der Waals surface area contributed by atoms with Crippen molar-refractivity contribution in [3.05, 3.63) is 70.2 Å². The number of halogens is 1. The molecule has 0 aliphatic rings. The van der Waals surface area contributed by atoms with E-state index in [4.69, 9.17) is 16.3 Å². The van der Waals surface area contributed by atoms with Crippen LogP contribution in [0, 0.1) is 0 Å². The summed E-state index contributed by atoms with van der Waals surface area (Å²) in [4.78, 5) is 12.1. The predicted octanol–water partition coefficient (Wildman–Crippen LogP) is 4.05. The van der Waals surface area contributed by atoms with Crippen LogP contribution in [-0.4, -0.2) is 13.1 Å². The number of urea groups is 1.